The van der Waals surface area contributed by atoms with Gasteiger partial charge in [-0.3, -0.25) is 9.48 Å². The van der Waals surface area contributed by atoms with E-state index in [0.29, 0.717) is 38.5 Å². The molecule has 1 aliphatic heterocycles. The second-order valence-corrected chi connectivity index (χ2v) is 7.80. The normalized spacial score (nSPS) is 14.8. The Morgan fingerprint density at radius 1 is 1.09 bits per heavy atom. The quantitative estimate of drug-likeness (QED) is 0.478. The maximum absolute atomic E-state index is 13.2. The van der Waals surface area contributed by atoms with Crippen LogP contribution < -0.4 is 9.64 Å². The first kappa shape index (κ1) is 23.5. The molecule has 0 radical (unpaired) electrons. The second kappa shape index (κ2) is 10.1. The van der Waals surface area contributed by atoms with E-state index < -0.39 is 11.7 Å². The third kappa shape index (κ3) is 5.64. The Labute approximate surface area is 194 Å². The summed E-state index contributed by atoms with van der Waals surface area (Å²) in [7, 11) is 0. The van der Waals surface area contributed by atoms with Crippen LogP contribution in [0.2, 0.25) is 0 Å². The molecule has 0 unspecified atom stereocenters. The molecule has 1 fully saturated rings. The first-order valence-electron chi connectivity index (χ1n) is 10.9. The van der Waals surface area contributed by atoms with Crippen molar-refractivity contribution in [3.8, 4) is 16.9 Å². The zero-order valence-electron chi connectivity index (χ0n) is 18.5. The van der Waals surface area contributed by atoms with E-state index in [2.05, 4.69) is 15.1 Å². The van der Waals surface area contributed by atoms with Gasteiger partial charge in [0.1, 0.15) is 18.4 Å². The van der Waals surface area contributed by atoms with E-state index >= 15 is 0 Å². The summed E-state index contributed by atoms with van der Waals surface area (Å²) in [4.78, 5) is 22.4. The molecule has 2 aromatic heterocycles. The number of hydrogen-bond acceptors (Lipinski definition) is 7. The standard InChI is InChI=1S/C23H24F3N5O3/c1-2-33-21(32)15-31-14-17(13-29-31)16-11-27-22(28-12-16)30-9-7-18(8-10-30)34-20-6-4-3-5-19(20)23(24,25)26/h3-6,11-14,18H,2,7-10,15H2,1H3. The number of esters is 1. The highest BCUT2D eigenvalue weighted by Gasteiger charge is 2.35. The number of hydrogen-bond donors (Lipinski definition) is 0. The van der Waals surface area contributed by atoms with Crippen molar-refractivity contribution in [3.05, 3.63) is 54.6 Å². The van der Waals surface area contributed by atoms with Crippen LogP contribution in [0.15, 0.2) is 49.1 Å². The van der Waals surface area contributed by atoms with Gasteiger partial charge in [-0.15, -0.1) is 0 Å². The Morgan fingerprint density at radius 2 is 1.79 bits per heavy atom. The van der Waals surface area contributed by atoms with Gasteiger partial charge in [0, 0.05) is 55.6 Å². The molecular weight excluding hydrogens is 451 g/mol. The van der Waals surface area contributed by atoms with Crippen molar-refractivity contribution in [2.24, 2.45) is 0 Å². The van der Waals surface area contributed by atoms with E-state index in [9.17, 15) is 18.0 Å². The minimum absolute atomic E-state index is 0.0250. The third-order valence-electron chi connectivity index (χ3n) is 5.41. The Kier molecular flexibility index (Phi) is 6.99. The van der Waals surface area contributed by atoms with Gasteiger partial charge in [0.25, 0.3) is 0 Å². The highest BCUT2D eigenvalue weighted by Crippen LogP contribution is 2.37. The third-order valence-corrected chi connectivity index (χ3v) is 5.41. The van der Waals surface area contributed by atoms with Crippen LogP contribution in [0, 0.1) is 0 Å². The summed E-state index contributed by atoms with van der Waals surface area (Å²) in [5.74, 6) is 0.0346. The number of para-hydroxylation sites is 1. The average Bonchev–Trinajstić information content (AvgIpc) is 3.28. The van der Waals surface area contributed by atoms with Crippen LogP contribution in [0.4, 0.5) is 19.1 Å². The summed E-state index contributed by atoms with van der Waals surface area (Å²) >= 11 is 0. The first-order valence-corrected chi connectivity index (χ1v) is 10.9. The summed E-state index contributed by atoms with van der Waals surface area (Å²) < 4.78 is 51.7. The van der Waals surface area contributed by atoms with E-state index in [1.165, 1.54) is 22.9 Å². The number of anilines is 1. The molecule has 0 N–H and O–H groups in total. The molecule has 1 aliphatic rings. The van der Waals surface area contributed by atoms with E-state index in [1.54, 1.807) is 31.7 Å². The number of alkyl halides is 3. The Hall–Kier alpha value is -3.63. The van der Waals surface area contributed by atoms with Crippen molar-refractivity contribution >= 4 is 11.9 Å². The zero-order valence-corrected chi connectivity index (χ0v) is 18.5. The van der Waals surface area contributed by atoms with Crippen molar-refractivity contribution in [1.82, 2.24) is 19.7 Å². The maximum atomic E-state index is 13.2. The Bertz CT molecular complexity index is 1110. The number of nitrogens with zero attached hydrogens (tertiary/aromatic N) is 5. The number of carbonyl (C=O) groups excluding carboxylic acids is 1. The Balaban J connectivity index is 1.33. The van der Waals surface area contributed by atoms with Gasteiger partial charge in [-0.1, -0.05) is 12.1 Å². The van der Waals surface area contributed by atoms with Gasteiger partial charge >= 0.3 is 12.1 Å². The number of aromatic nitrogens is 4. The number of halogens is 3. The summed E-state index contributed by atoms with van der Waals surface area (Å²) in [6.45, 7) is 3.21. The van der Waals surface area contributed by atoms with Crippen molar-refractivity contribution in [2.45, 2.75) is 38.6 Å². The number of carbonyl (C=O) groups is 1. The molecule has 8 nitrogen and oxygen atoms in total. The fourth-order valence-corrected chi connectivity index (χ4v) is 3.73. The highest BCUT2D eigenvalue weighted by molar-refractivity contribution is 5.69. The van der Waals surface area contributed by atoms with Crippen LogP contribution in [0.1, 0.15) is 25.3 Å². The van der Waals surface area contributed by atoms with Crippen LogP contribution in [-0.2, 0) is 22.3 Å². The summed E-state index contributed by atoms with van der Waals surface area (Å²) in [5, 5.41) is 4.16. The van der Waals surface area contributed by atoms with Gasteiger partial charge in [0.2, 0.25) is 5.95 Å². The van der Waals surface area contributed by atoms with Crippen molar-refractivity contribution in [2.75, 3.05) is 24.6 Å². The van der Waals surface area contributed by atoms with Crippen LogP contribution in [0.3, 0.4) is 0 Å². The SMILES string of the molecule is CCOC(=O)Cn1cc(-c2cnc(N3CCC(Oc4ccccc4C(F)(F)F)CC3)nc2)cn1. The lowest BCUT2D eigenvalue weighted by atomic mass is 10.1. The van der Waals surface area contributed by atoms with Crippen LogP contribution in [0.5, 0.6) is 5.75 Å². The van der Waals surface area contributed by atoms with Gasteiger partial charge < -0.3 is 14.4 Å². The number of piperidine rings is 1. The van der Waals surface area contributed by atoms with Gasteiger partial charge in [-0.05, 0) is 19.1 Å². The van der Waals surface area contributed by atoms with Gasteiger partial charge in [0.05, 0.1) is 18.4 Å². The molecular formula is C23H24F3N5O3. The maximum Gasteiger partial charge on any atom is 0.419 e. The van der Waals surface area contributed by atoms with Gasteiger partial charge in [-0.2, -0.15) is 18.3 Å². The molecule has 0 bridgehead atoms. The number of rotatable bonds is 7. The van der Waals surface area contributed by atoms with E-state index in [1.807, 2.05) is 4.90 Å². The molecule has 180 valence electrons. The second-order valence-electron chi connectivity index (χ2n) is 7.80. The lowest BCUT2D eigenvalue weighted by molar-refractivity contribution is -0.144. The summed E-state index contributed by atoms with van der Waals surface area (Å²) in [6.07, 6.45) is 3.03. The minimum atomic E-state index is -4.46. The largest absolute Gasteiger partial charge is 0.490 e. The molecule has 0 amide bonds. The Morgan fingerprint density at radius 3 is 2.47 bits per heavy atom. The molecule has 34 heavy (non-hydrogen) atoms. The van der Waals surface area contributed by atoms with Gasteiger partial charge in [0.15, 0.2) is 0 Å². The molecule has 4 rings (SSSR count). The number of benzene rings is 1. The van der Waals surface area contributed by atoms with Crippen LogP contribution in [-0.4, -0.2) is 51.5 Å². The highest BCUT2D eigenvalue weighted by atomic mass is 19.4. The monoisotopic (exact) mass is 475 g/mol. The fraction of sp³-hybridized carbons (Fsp3) is 0.391. The minimum Gasteiger partial charge on any atom is -0.490 e. The first-order chi connectivity index (χ1) is 16.3. The molecule has 11 heteroatoms. The van der Waals surface area contributed by atoms with Crippen LogP contribution >= 0.6 is 0 Å². The van der Waals surface area contributed by atoms with E-state index in [-0.39, 0.29) is 24.4 Å². The zero-order chi connectivity index (χ0) is 24.1. The van der Waals surface area contributed by atoms with Crippen LogP contribution in [0.25, 0.3) is 11.1 Å². The average molecular weight is 475 g/mol. The topological polar surface area (TPSA) is 82.4 Å². The van der Waals surface area contributed by atoms with E-state index in [0.717, 1.165) is 17.2 Å². The van der Waals surface area contributed by atoms with Crippen molar-refractivity contribution in [1.29, 1.82) is 0 Å². The fourth-order valence-electron chi connectivity index (χ4n) is 3.73. The molecule has 0 aliphatic carbocycles. The molecule has 0 atom stereocenters. The summed E-state index contributed by atoms with van der Waals surface area (Å²) in [6, 6.07) is 5.27. The lowest BCUT2D eigenvalue weighted by Gasteiger charge is -2.32. The lowest BCUT2D eigenvalue weighted by Crippen LogP contribution is -2.39. The summed E-state index contributed by atoms with van der Waals surface area (Å²) in [5.41, 5.74) is 0.758. The predicted octanol–water partition coefficient (Wildman–Crippen LogP) is 3.97. The predicted molar refractivity (Wildman–Crippen MR) is 117 cm³/mol. The molecule has 3 heterocycles. The molecule has 3 aromatic rings. The van der Waals surface area contributed by atoms with Gasteiger partial charge in [-0.25, -0.2) is 9.97 Å². The van der Waals surface area contributed by atoms with Crippen molar-refractivity contribution in [3.63, 3.8) is 0 Å². The molecule has 1 saturated heterocycles. The molecule has 0 saturated carbocycles. The number of ether oxygens (including phenoxy) is 2. The van der Waals surface area contributed by atoms with Crippen molar-refractivity contribution < 1.29 is 27.4 Å². The molecule has 0 spiro atoms. The smallest absolute Gasteiger partial charge is 0.419 e. The molecule has 1 aromatic carbocycles. The van der Waals surface area contributed by atoms with E-state index in [4.69, 9.17) is 9.47 Å².